The van der Waals surface area contributed by atoms with Gasteiger partial charge in [-0.3, -0.25) is 14.4 Å². The van der Waals surface area contributed by atoms with E-state index in [1.54, 1.807) is 0 Å². The van der Waals surface area contributed by atoms with E-state index in [-0.39, 0.29) is 31.1 Å². The van der Waals surface area contributed by atoms with Gasteiger partial charge in [0.15, 0.2) is 6.10 Å². The van der Waals surface area contributed by atoms with Crippen molar-refractivity contribution in [2.24, 2.45) is 0 Å². The van der Waals surface area contributed by atoms with Crippen molar-refractivity contribution >= 4 is 17.9 Å². The summed E-state index contributed by atoms with van der Waals surface area (Å²) in [6.07, 6.45) is 98.2. The van der Waals surface area contributed by atoms with Gasteiger partial charge in [0.05, 0.1) is 0 Å². The Labute approximate surface area is 499 Å². The zero-order valence-corrected chi connectivity index (χ0v) is 52.2. The number of rotatable bonds is 58. The number of ether oxygens (including phenoxy) is 3. The minimum absolute atomic E-state index is 0.0978. The molecule has 0 aromatic rings. The highest BCUT2D eigenvalue weighted by Gasteiger charge is 2.19. The molecule has 0 radical (unpaired) electrons. The topological polar surface area (TPSA) is 78.9 Å². The minimum Gasteiger partial charge on any atom is -0.462 e. The average molecular weight is 1120 g/mol. The molecule has 0 saturated carbocycles. The summed E-state index contributed by atoms with van der Waals surface area (Å²) >= 11 is 0. The minimum atomic E-state index is -0.803. The first kappa shape index (κ1) is 76.0. The SMILES string of the molecule is CC/C=C\C/C=C\C/C=C\C/C=C\C/C=C\C/C=C\C/C=C\C/C=C\CCCCCCC(=O)OCC(COC(=O)CCCCCCC/C=C\CCCC)OC(=O)CCCCCCCCCCCC/C=C\C/C=C\C/C=C\C/C=C\CC. The molecule has 0 aromatic carbocycles. The van der Waals surface area contributed by atoms with Gasteiger partial charge in [0.1, 0.15) is 13.2 Å². The molecule has 6 heteroatoms. The van der Waals surface area contributed by atoms with Gasteiger partial charge in [-0.15, -0.1) is 0 Å². The normalized spacial score (nSPS) is 13.2. The number of allylic oxidation sites excluding steroid dienone is 26. The van der Waals surface area contributed by atoms with Gasteiger partial charge in [-0.25, -0.2) is 0 Å². The second-order valence-electron chi connectivity index (χ2n) is 21.3. The Morgan fingerprint density at radius 2 is 0.481 bits per heavy atom. The summed E-state index contributed by atoms with van der Waals surface area (Å²) in [6, 6.07) is 0. The van der Waals surface area contributed by atoms with Crippen LogP contribution in [0.4, 0.5) is 0 Å². The summed E-state index contributed by atoms with van der Waals surface area (Å²) in [5.74, 6) is -0.939. The third kappa shape index (κ3) is 65.7. The second kappa shape index (κ2) is 67.5. The zero-order valence-electron chi connectivity index (χ0n) is 52.2. The summed E-state index contributed by atoms with van der Waals surface area (Å²) < 4.78 is 16.9. The molecule has 456 valence electrons. The Bertz CT molecular complexity index is 1810. The van der Waals surface area contributed by atoms with Gasteiger partial charge in [0.25, 0.3) is 0 Å². The highest BCUT2D eigenvalue weighted by atomic mass is 16.6. The fourth-order valence-corrected chi connectivity index (χ4v) is 8.61. The van der Waals surface area contributed by atoms with Crippen LogP contribution in [0.2, 0.25) is 0 Å². The molecule has 0 N–H and O–H groups in total. The predicted octanol–water partition coefficient (Wildman–Crippen LogP) is 22.9. The number of unbranched alkanes of at least 4 members (excludes halogenated alkanes) is 21. The molecule has 0 bridgehead atoms. The van der Waals surface area contributed by atoms with Crippen LogP contribution in [0.1, 0.15) is 278 Å². The highest BCUT2D eigenvalue weighted by Crippen LogP contribution is 2.15. The maximum atomic E-state index is 12.9. The molecule has 0 aliphatic carbocycles. The van der Waals surface area contributed by atoms with Crippen molar-refractivity contribution in [1.29, 1.82) is 0 Å². The Morgan fingerprint density at radius 3 is 0.765 bits per heavy atom. The quantitative estimate of drug-likeness (QED) is 0.0261. The first-order valence-corrected chi connectivity index (χ1v) is 33.0. The van der Waals surface area contributed by atoms with E-state index < -0.39 is 6.10 Å². The molecule has 0 spiro atoms. The lowest BCUT2D eigenvalue weighted by Gasteiger charge is -2.18. The van der Waals surface area contributed by atoms with E-state index in [0.717, 1.165) is 161 Å². The van der Waals surface area contributed by atoms with Crippen molar-refractivity contribution in [3.8, 4) is 0 Å². The van der Waals surface area contributed by atoms with Gasteiger partial charge in [0.2, 0.25) is 0 Å². The summed E-state index contributed by atoms with van der Waals surface area (Å²) in [5, 5.41) is 0. The van der Waals surface area contributed by atoms with Crippen LogP contribution < -0.4 is 0 Å². The van der Waals surface area contributed by atoms with Crippen LogP contribution in [-0.2, 0) is 28.6 Å². The van der Waals surface area contributed by atoms with Crippen molar-refractivity contribution < 1.29 is 28.6 Å². The summed E-state index contributed by atoms with van der Waals surface area (Å²) in [5.41, 5.74) is 0. The first-order valence-electron chi connectivity index (χ1n) is 33.0. The van der Waals surface area contributed by atoms with Gasteiger partial charge in [-0.05, 0) is 141 Å². The summed E-state index contributed by atoms with van der Waals surface area (Å²) in [6.45, 7) is 6.34. The third-order valence-electron chi connectivity index (χ3n) is 13.5. The van der Waals surface area contributed by atoms with Crippen molar-refractivity contribution in [2.75, 3.05) is 13.2 Å². The molecule has 0 heterocycles. The van der Waals surface area contributed by atoms with Crippen LogP contribution in [0.5, 0.6) is 0 Å². The molecule has 6 nitrogen and oxygen atoms in total. The van der Waals surface area contributed by atoms with Crippen molar-refractivity contribution in [3.63, 3.8) is 0 Å². The van der Waals surface area contributed by atoms with Gasteiger partial charge in [-0.1, -0.05) is 275 Å². The fourth-order valence-electron chi connectivity index (χ4n) is 8.61. The van der Waals surface area contributed by atoms with Crippen molar-refractivity contribution in [3.05, 3.63) is 158 Å². The molecule has 1 atom stereocenters. The average Bonchev–Trinajstić information content (AvgIpc) is 3.47. The molecule has 81 heavy (non-hydrogen) atoms. The molecule has 0 saturated heterocycles. The number of esters is 3. The Kier molecular flexibility index (Phi) is 63.4. The van der Waals surface area contributed by atoms with Gasteiger partial charge in [-0.2, -0.15) is 0 Å². The second-order valence-corrected chi connectivity index (χ2v) is 21.3. The van der Waals surface area contributed by atoms with Crippen LogP contribution in [0.15, 0.2) is 158 Å². The predicted molar refractivity (Wildman–Crippen MR) is 352 cm³/mol. The first-order chi connectivity index (χ1) is 40.0. The smallest absolute Gasteiger partial charge is 0.306 e. The van der Waals surface area contributed by atoms with E-state index in [2.05, 4.69) is 179 Å². The van der Waals surface area contributed by atoms with E-state index >= 15 is 0 Å². The Morgan fingerprint density at radius 1 is 0.259 bits per heavy atom. The van der Waals surface area contributed by atoms with Crippen LogP contribution in [-0.4, -0.2) is 37.2 Å². The molecular weight excluding hydrogens is 997 g/mol. The largest absolute Gasteiger partial charge is 0.462 e. The Hall–Kier alpha value is -4.97. The van der Waals surface area contributed by atoms with Gasteiger partial charge in [0, 0.05) is 19.3 Å². The number of carbonyl (C=O) groups is 3. The molecule has 0 amide bonds. The molecule has 0 fully saturated rings. The fraction of sp³-hybridized carbons (Fsp3) is 0.613. The number of hydrogen-bond donors (Lipinski definition) is 0. The van der Waals surface area contributed by atoms with Crippen LogP contribution in [0.3, 0.4) is 0 Å². The number of hydrogen-bond acceptors (Lipinski definition) is 6. The molecule has 0 aromatic heterocycles. The van der Waals surface area contributed by atoms with Gasteiger partial charge < -0.3 is 14.2 Å². The molecule has 0 aliphatic heterocycles. The van der Waals surface area contributed by atoms with E-state index in [0.29, 0.717) is 19.3 Å². The van der Waals surface area contributed by atoms with E-state index in [4.69, 9.17) is 14.2 Å². The molecular formula is C75H120O6. The maximum Gasteiger partial charge on any atom is 0.306 e. The lowest BCUT2D eigenvalue weighted by molar-refractivity contribution is -0.167. The molecule has 1 unspecified atom stereocenters. The Balaban J connectivity index is 4.37. The summed E-state index contributed by atoms with van der Waals surface area (Å²) in [4.78, 5) is 38.3. The third-order valence-corrected chi connectivity index (χ3v) is 13.5. The zero-order chi connectivity index (χ0) is 58.5. The highest BCUT2D eigenvalue weighted by molar-refractivity contribution is 5.71. The standard InChI is InChI=1S/C75H120O6/c1-4-7-10-13-16-19-22-24-26-28-30-32-34-35-36-37-38-39-41-42-44-46-48-50-53-56-59-62-65-68-74(77)80-71-72(70-79-73(76)67-64-61-58-55-52-21-18-15-12-9-6-3)81-75(78)69-66-63-60-57-54-51-49-47-45-43-40-33-31-29-27-25-23-20-17-14-11-8-5-2/h7-8,10-11,15-20,24-27,30-33,35-36,38-39,42,44,48,50,72H,4-6,9,12-14,21-23,28-29,34,37,40-41,43,45-47,49,51-71H2,1-3H3/b10-7-,11-8-,18-15-,19-16-,20-17-,26-24-,27-25-,32-30-,33-31-,36-35-,39-38-,44-42-,50-48-. The maximum absolute atomic E-state index is 12.9. The molecule has 0 aliphatic rings. The summed E-state index contributed by atoms with van der Waals surface area (Å²) in [7, 11) is 0. The monoisotopic (exact) mass is 1120 g/mol. The van der Waals surface area contributed by atoms with Crippen LogP contribution >= 0.6 is 0 Å². The van der Waals surface area contributed by atoms with E-state index in [1.807, 2.05) is 0 Å². The number of carbonyl (C=O) groups excluding carboxylic acids is 3. The van der Waals surface area contributed by atoms with E-state index in [1.165, 1.54) is 77.0 Å². The van der Waals surface area contributed by atoms with E-state index in [9.17, 15) is 14.4 Å². The van der Waals surface area contributed by atoms with Crippen LogP contribution in [0, 0.1) is 0 Å². The van der Waals surface area contributed by atoms with Crippen LogP contribution in [0.25, 0.3) is 0 Å². The van der Waals surface area contributed by atoms with Crippen molar-refractivity contribution in [2.45, 2.75) is 284 Å². The van der Waals surface area contributed by atoms with Crippen molar-refractivity contribution in [1.82, 2.24) is 0 Å². The lowest BCUT2D eigenvalue weighted by Crippen LogP contribution is -2.30. The molecule has 0 rings (SSSR count). The van der Waals surface area contributed by atoms with Gasteiger partial charge >= 0.3 is 17.9 Å². The lowest BCUT2D eigenvalue weighted by atomic mass is 10.0.